The third kappa shape index (κ3) is 2.68. The smallest absolute Gasteiger partial charge is 0.0166 e. The lowest BCUT2D eigenvalue weighted by Crippen LogP contribution is -2.44. The van der Waals surface area contributed by atoms with E-state index in [2.05, 4.69) is 4.90 Å². The summed E-state index contributed by atoms with van der Waals surface area (Å²) in [7, 11) is 0. The van der Waals surface area contributed by atoms with Gasteiger partial charge in [-0.2, -0.15) is 0 Å². The van der Waals surface area contributed by atoms with Gasteiger partial charge in [0.2, 0.25) is 0 Å². The molecular formula is C15H28N2. The van der Waals surface area contributed by atoms with Crippen molar-refractivity contribution in [2.45, 2.75) is 63.3 Å². The van der Waals surface area contributed by atoms with E-state index in [1.807, 2.05) is 0 Å². The molecule has 0 aromatic rings. The Morgan fingerprint density at radius 1 is 0.941 bits per heavy atom. The molecule has 1 heterocycles. The number of nitrogens with zero attached hydrogens (tertiary/aromatic N) is 1. The van der Waals surface area contributed by atoms with Gasteiger partial charge in [0.25, 0.3) is 0 Å². The van der Waals surface area contributed by atoms with Crippen LogP contribution in [-0.4, -0.2) is 30.1 Å². The minimum absolute atomic E-state index is 0.190. The molecule has 0 amide bonds. The number of rotatable bonds is 3. The summed E-state index contributed by atoms with van der Waals surface area (Å²) in [5, 5.41) is 0. The van der Waals surface area contributed by atoms with E-state index in [0.717, 1.165) is 11.8 Å². The predicted octanol–water partition coefficient (Wildman–Crippen LogP) is 2.77. The second kappa shape index (κ2) is 4.89. The average molecular weight is 236 g/mol. The van der Waals surface area contributed by atoms with Crippen LogP contribution in [0.2, 0.25) is 0 Å². The molecular weight excluding hydrogens is 208 g/mol. The third-order valence-corrected chi connectivity index (χ3v) is 5.58. The summed E-state index contributed by atoms with van der Waals surface area (Å²) < 4.78 is 0. The molecule has 3 rings (SSSR count). The first kappa shape index (κ1) is 12.0. The van der Waals surface area contributed by atoms with Gasteiger partial charge in [-0.05, 0) is 50.5 Å². The molecule has 2 heteroatoms. The van der Waals surface area contributed by atoms with E-state index in [9.17, 15) is 0 Å². The zero-order valence-electron chi connectivity index (χ0n) is 11.2. The van der Waals surface area contributed by atoms with E-state index in [1.165, 1.54) is 77.4 Å². The molecule has 2 unspecified atom stereocenters. The van der Waals surface area contributed by atoms with Crippen molar-refractivity contribution in [3.63, 3.8) is 0 Å². The Balaban J connectivity index is 1.45. The highest BCUT2D eigenvalue weighted by Gasteiger charge is 2.36. The molecule has 2 atom stereocenters. The fourth-order valence-corrected chi connectivity index (χ4v) is 4.40. The molecule has 17 heavy (non-hydrogen) atoms. The molecule has 0 spiro atoms. The Kier molecular flexibility index (Phi) is 3.45. The van der Waals surface area contributed by atoms with Gasteiger partial charge >= 0.3 is 0 Å². The van der Waals surface area contributed by atoms with Gasteiger partial charge in [0.15, 0.2) is 0 Å². The van der Waals surface area contributed by atoms with E-state index in [0.29, 0.717) is 0 Å². The van der Waals surface area contributed by atoms with Crippen LogP contribution in [0.1, 0.15) is 57.8 Å². The fourth-order valence-electron chi connectivity index (χ4n) is 4.40. The van der Waals surface area contributed by atoms with Crippen molar-refractivity contribution in [1.82, 2.24) is 4.90 Å². The van der Waals surface area contributed by atoms with Crippen molar-refractivity contribution in [2.75, 3.05) is 19.6 Å². The molecule has 98 valence electrons. The molecule has 0 bridgehead atoms. The normalized spacial score (nSPS) is 37.2. The van der Waals surface area contributed by atoms with E-state index < -0.39 is 0 Å². The number of fused-ring (bicyclic) bond motifs is 1. The second-order valence-electron chi connectivity index (χ2n) is 6.88. The Morgan fingerprint density at radius 2 is 1.59 bits per heavy atom. The van der Waals surface area contributed by atoms with Gasteiger partial charge in [0.05, 0.1) is 0 Å². The summed E-state index contributed by atoms with van der Waals surface area (Å²) in [5.74, 6) is 2.07. The third-order valence-electron chi connectivity index (χ3n) is 5.58. The largest absolute Gasteiger partial charge is 0.325 e. The fraction of sp³-hybridized carbons (Fsp3) is 1.00. The first-order valence-electron chi connectivity index (χ1n) is 7.76. The Labute approximate surface area is 106 Å². The van der Waals surface area contributed by atoms with Crippen LogP contribution in [0.25, 0.3) is 0 Å². The van der Waals surface area contributed by atoms with Crippen LogP contribution in [0, 0.1) is 11.8 Å². The molecule has 3 aliphatic rings. The lowest BCUT2D eigenvalue weighted by atomic mass is 9.80. The molecule has 2 aliphatic carbocycles. The lowest BCUT2D eigenvalue weighted by Gasteiger charge is -2.35. The second-order valence-corrected chi connectivity index (χ2v) is 6.88. The van der Waals surface area contributed by atoms with Gasteiger partial charge in [-0.25, -0.2) is 0 Å². The van der Waals surface area contributed by atoms with Crippen molar-refractivity contribution >= 4 is 0 Å². The average Bonchev–Trinajstić information content (AvgIpc) is 2.87. The van der Waals surface area contributed by atoms with Gasteiger partial charge in [0, 0.05) is 18.6 Å². The number of hydrogen-bond donors (Lipinski definition) is 1. The van der Waals surface area contributed by atoms with Crippen molar-refractivity contribution in [2.24, 2.45) is 17.6 Å². The van der Waals surface area contributed by atoms with Crippen LogP contribution >= 0.6 is 0 Å². The summed E-state index contributed by atoms with van der Waals surface area (Å²) in [6, 6.07) is 0. The van der Waals surface area contributed by atoms with Crippen molar-refractivity contribution < 1.29 is 0 Å². The molecule has 0 aromatic carbocycles. The van der Waals surface area contributed by atoms with Gasteiger partial charge in [-0.15, -0.1) is 0 Å². The number of hydrogen-bond acceptors (Lipinski definition) is 2. The molecule has 2 saturated carbocycles. The van der Waals surface area contributed by atoms with Gasteiger partial charge in [0.1, 0.15) is 0 Å². The molecule has 1 aliphatic heterocycles. The highest BCUT2D eigenvalue weighted by Crippen LogP contribution is 2.38. The van der Waals surface area contributed by atoms with Crippen LogP contribution in [-0.2, 0) is 0 Å². The van der Waals surface area contributed by atoms with Gasteiger partial charge in [-0.3, -0.25) is 0 Å². The minimum atomic E-state index is 0.190. The van der Waals surface area contributed by atoms with E-state index in [-0.39, 0.29) is 5.54 Å². The summed E-state index contributed by atoms with van der Waals surface area (Å²) in [5.41, 5.74) is 6.72. The topological polar surface area (TPSA) is 29.3 Å². The standard InChI is InChI=1S/C15H28N2/c16-15(7-2-1-3-8-15)9-10-17-11-13-5-4-6-14(13)12-17/h13-14H,1-12,16H2. The summed E-state index contributed by atoms with van der Waals surface area (Å²) in [6.07, 6.45) is 12.4. The Bertz CT molecular complexity index is 246. The monoisotopic (exact) mass is 236 g/mol. The van der Waals surface area contributed by atoms with E-state index in [4.69, 9.17) is 5.73 Å². The quantitative estimate of drug-likeness (QED) is 0.816. The zero-order valence-corrected chi connectivity index (χ0v) is 11.2. The van der Waals surface area contributed by atoms with E-state index >= 15 is 0 Å². The van der Waals surface area contributed by atoms with E-state index in [1.54, 1.807) is 0 Å². The minimum Gasteiger partial charge on any atom is -0.325 e. The van der Waals surface area contributed by atoms with Crippen molar-refractivity contribution in [3.8, 4) is 0 Å². The first-order valence-corrected chi connectivity index (χ1v) is 7.76. The van der Waals surface area contributed by atoms with Crippen molar-refractivity contribution in [1.29, 1.82) is 0 Å². The maximum absolute atomic E-state index is 6.53. The highest BCUT2D eigenvalue weighted by molar-refractivity contribution is 4.92. The van der Waals surface area contributed by atoms with Gasteiger partial charge in [-0.1, -0.05) is 25.7 Å². The van der Waals surface area contributed by atoms with Crippen LogP contribution in [0.3, 0.4) is 0 Å². The lowest BCUT2D eigenvalue weighted by molar-refractivity contribution is 0.222. The van der Waals surface area contributed by atoms with Crippen LogP contribution < -0.4 is 5.73 Å². The number of likely N-dealkylation sites (tertiary alicyclic amines) is 1. The first-order chi connectivity index (χ1) is 8.25. The zero-order chi connectivity index (χ0) is 11.7. The van der Waals surface area contributed by atoms with Crippen LogP contribution in [0.15, 0.2) is 0 Å². The SMILES string of the molecule is NC1(CCN2CC3CCCC3C2)CCCCC1. The summed E-state index contributed by atoms with van der Waals surface area (Å²) >= 11 is 0. The Morgan fingerprint density at radius 3 is 2.24 bits per heavy atom. The molecule has 1 saturated heterocycles. The molecule has 2 nitrogen and oxygen atoms in total. The van der Waals surface area contributed by atoms with Crippen LogP contribution in [0.4, 0.5) is 0 Å². The highest BCUT2D eigenvalue weighted by atomic mass is 15.2. The van der Waals surface area contributed by atoms with Crippen molar-refractivity contribution in [3.05, 3.63) is 0 Å². The molecule has 0 aromatic heterocycles. The molecule has 2 N–H and O–H groups in total. The maximum atomic E-state index is 6.53. The molecule has 0 radical (unpaired) electrons. The summed E-state index contributed by atoms with van der Waals surface area (Å²) in [6.45, 7) is 4.02. The number of nitrogens with two attached hydrogens (primary N) is 1. The molecule has 3 fully saturated rings. The summed E-state index contributed by atoms with van der Waals surface area (Å²) in [4.78, 5) is 2.71. The maximum Gasteiger partial charge on any atom is 0.0166 e. The predicted molar refractivity (Wildman–Crippen MR) is 71.9 cm³/mol. The Hall–Kier alpha value is -0.0800. The van der Waals surface area contributed by atoms with Crippen LogP contribution in [0.5, 0.6) is 0 Å². The van der Waals surface area contributed by atoms with Gasteiger partial charge < -0.3 is 10.6 Å².